The zero-order valence-corrected chi connectivity index (χ0v) is 12.0. The molecule has 1 atom stereocenters. The summed E-state index contributed by atoms with van der Waals surface area (Å²) in [5.74, 6) is -1.33. The van der Waals surface area contributed by atoms with Crippen LogP contribution in [0.15, 0.2) is 18.2 Å². The van der Waals surface area contributed by atoms with Crippen molar-refractivity contribution in [2.45, 2.75) is 32.2 Å². The van der Waals surface area contributed by atoms with Crippen LogP contribution in [0.1, 0.15) is 25.3 Å². The highest BCUT2D eigenvalue weighted by molar-refractivity contribution is 6.35. The van der Waals surface area contributed by atoms with E-state index < -0.39 is 12.0 Å². The second-order valence-electron chi connectivity index (χ2n) is 4.10. The van der Waals surface area contributed by atoms with Crippen LogP contribution in [0.2, 0.25) is 10.0 Å². The molecule has 6 heteroatoms. The van der Waals surface area contributed by atoms with Crippen molar-refractivity contribution in [1.82, 2.24) is 5.32 Å². The van der Waals surface area contributed by atoms with Crippen LogP contribution in [0.5, 0.6) is 0 Å². The molecule has 0 spiro atoms. The van der Waals surface area contributed by atoms with E-state index >= 15 is 0 Å². The van der Waals surface area contributed by atoms with Gasteiger partial charge in [-0.05, 0) is 30.5 Å². The molecule has 0 saturated heterocycles. The van der Waals surface area contributed by atoms with Crippen LogP contribution in [-0.2, 0) is 16.0 Å². The van der Waals surface area contributed by atoms with E-state index in [1.807, 2.05) is 0 Å². The number of hydrogen-bond acceptors (Lipinski definition) is 2. The van der Waals surface area contributed by atoms with Gasteiger partial charge in [0.1, 0.15) is 6.04 Å². The maximum atomic E-state index is 11.6. The lowest BCUT2D eigenvalue weighted by Crippen LogP contribution is -2.40. The van der Waals surface area contributed by atoms with Crippen molar-refractivity contribution < 1.29 is 14.7 Å². The normalized spacial score (nSPS) is 11.9. The minimum atomic E-state index is -1.03. The van der Waals surface area contributed by atoms with Crippen LogP contribution < -0.4 is 5.32 Å². The van der Waals surface area contributed by atoms with E-state index in [-0.39, 0.29) is 12.3 Å². The molecule has 0 bridgehead atoms. The Hall–Kier alpha value is -1.26. The molecule has 19 heavy (non-hydrogen) atoms. The van der Waals surface area contributed by atoms with E-state index in [1.165, 1.54) is 0 Å². The molecule has 1 unspecified atom stereocenters. The van der Waals surface area contributed by atoms with Gasteiger partial charge in [0.05, 0.1) is 0 Å². The van der Waals surface area contributed by atoms with Crippen molar-refractivity contribution in [2.75, 3.05) is 0 Å². The summed E-state index contributed by atoms with van der Waals surface area (Å²) in [6.45, 7) is 1.70. The van der Waals surface area contributed by atoms with Gasteiger partial charge in [-0.25, -0.2) is 4.79 Å². The summed E-state index contributed by atoms with van der Waals surface area (Å²) in [6.07, 6.45) is 0.978. The van der Waals surface area contributed by atoms with E-state index in [2.05, 4.69) is 5.32 Å². The van der Waals surface area contributed by atoms with Crippen molar-refractivity contribution in [3.63, 3.8) is 0 Å². The second kappa shape index (κ2) is 7.36. The Labute approximate surface area is 121 Å². The molecule has 0 heterocycles. The predicted molar refractivity (Wildman–Crippen MR) is 74.6 cm³/mol. The van der Waals surface area contributed by atoms with Crippen LogP contribution in [-0.4, -0.2) is 23.0 Å². The molecule has 2 N–H and O–H groups in total. The first-order valence-corrected chi connectivity index (χ1v) is 6.65. The van der Waals surface area contributed by atoms with Gasteiger partial charge in [-0.15, -0.1) is 0 Å². The molecule has 0 aliphatic rings. The molecule has 0 radical (unpaired) electrons. The van der Waals surface area contributed by atoms with Gasteiger partial charge in [0, 0.05) is 16.5 Å². The molecule has 1 aromatic rings. The summed E-state index contributed by atoms with van der Waals surface area (Å²) in [6, 6.07) is 4.23. The molecule has 1 aromatic carbocycles. The monoisotopic (exact) mass is 303 g/mol. The van der Waals surface area contributed by atoms with E-state index in [0.29, 0.717) is 22.9 Å². The Morgan fingerprint density at radius 2 is 2.05 bits per heavy atom. The van der Waals surface area contributed by atoms with Gasteiger partial charge in [0.2, 0.25) is 5.91 Å². The van der Waals surface area contributed by atoms with Crippen LogP contribution in [0.25, 0.3) is 0 Å². The van der Waals surface area contributed by atoms with Gasteiger partial charge in [-0.2, -0.15) is 0 Å². The SMILES string of the molecule is CCC(NC(=O)CCc1ccc(Cl)cc1Cl)C(=O)O. The number of carboxylic acid groups (broad SMARTS) is 1. The average molecular weight is 304 g/mol. The number of aliphatic carboxylic acids is 1. The Morgan fingerprint density at radius 3 is 2.58 bits per heavy atom. The summed E-state index contributed by atoms with van der Waals surface area (Å²) in [4.78, 5) is 22.4. The fraction of sp³-hybridized carbons (Fsp3) is 0.385. The maximum absolute atomic E-state index is 11.6. The van der Waals surface area contributed by atoms with Crippen LogP contribution in [0.3, 0.4) is 0 Å². The summed E-state index contributed by atoms with van der Waals surface area (Å²) >= 11 is 11.8. The molecule has 1 amide bonds. The average Bonchev–Trinajstić information content (AvgIpc) is 2.34. The topological polar surface area (TPSA) is 66.4 Å². The van der Waals surface area contributed by atoms with E-state index in [0.717, 1.165) is 5.56 Å². The van der Waals surface area contributed by atoms with Crippen molar-refractivity contribution >= 4 is 35.1 Å². The molecular formula is C13H15Cl2NO3. The van der Waals surface area contributed by atoms with E-state index in [4.69, 9.17) is 28.3 Å². The first-order chi connectivity index (χ1) is 8.93. The largest absolute Gasteiger partial charge is 0.480 e. The highest BCUT2D eigenvalue weighted by Crippen LogP contribution is 2.21. The highest BCUT2D eigenvalue weighted by Gasteiger charge is 2.17. The fourth-order valence-corrected chi connectivity index (χ4v) is 2.08. The second-order valence-corrected chi connectivity index (χ2v) is 4.95. The number of halogens is 2. The number of aryl methyl sites for hydroxylation is 1. The first-order valence-electron chi connectivity index (χ1n) is 5.90. The van der Waals surface area contributed by atoms with Gasteiger partial charge in [0.25, 0.3) is 0 Å². The van der Waals surface area contributed by atoms with Crippen LogP contribution in [0, 0.1) is 0 Å². The lowest BCUT2D eigenvalue weighted by atomic mass is 10.1. The summed E-state index contributed by atoms with van der Waals surface area (Å²) in [5, 5.41) is 12.3. The number of nitrogens with one attached hydrogen (secondary N) is 1. The number of carboxylic acids is 1. The number of carbonyl (C=O) groups excluding carboxylic acids is 1. The van der Waals surface area contributed by atoms with Gasteiger partial charge >= 0.3 is 5.97 Å². The molecule has 0 aliphatic carbocycles. The third kappa shape index (κ3) is 5.09. The Morgan fingerprint density at radius 1 is 1.37 bits per heavy atom. The lowest BCUT2D eigenvalue weighted by molar-refractivity contribution is -0.141. The van der Waals surface area contributed by atoms with Crippen molar-refractivity contribution in [3.05, 3.63) is 33.8 Å². The molecule has 104 valence electrons. The van der Waals surface area contributed by atoms with Gasteiger partial charge in [0.15, 0.2) is 0 Å². The molecule has 4 nitrogen and oxygen atoms in total. The first kappa shape index (κ1) is 15.8. The van der Waals surface area contributed by atoms with Gasteiger partial charge in [-0.1, -0.05) is 36.2 Å². The summed E-state index contributed by atoms with van der Waals surface area (Å²) in [7, 11) is 0. The minimum Gasteiger partial charge on any atom is -0.480 e. The Kier molecular flexibility index (Phi) is 6.12. The standard InChI is InChI=1S/C13H15Cl2NO3/c1-2-11(13(18)19)16-12(17)6-4-8-3-5-9(14)7-10(8)15/h3,5,7,11H,2,4,6H2,1H3,(H,16,17)(H,18,19). The third-order valence-electron chi connectivity index (χ3n) is 2.68. The molecule has 0 aliphatic heterocycles. The molecule has 0 fully saturated rings. The Balaban J connectivity index is 2.52. The molecule has 1 rings (SSSR count). The number of benzene rings is 1. The number of carbonyl (C=O) groups is 2. The quantitative estimate of drug-likeness (QED) is 0.849. The predicted octanol–water partition coefficient (Wildman–Crippen LogP) is 2.91. The van der Waals surface area contributed by atoms with Crippen LogP contribution >= 0.6 is 23.2 Å². The number of hydrogen-bond donors (Lipinski definition) is 2. The third-order valence-corrected chi connectivity index (χ3v) is 3.27. The molecular weight excluding hydrogens is 289 g/mol. The Bertz CT molecular complexity index is 477. The highest BCUT2D eigenvalue weighted by atomic mass is 35.5. The van der Waals surface area contributed by atoms with Crippen molar-refractivity contribution in [2.24, 2.45) is 0 Å². The lowest BCUT2D eigenvalue weighted by Gasteiger charge is -2.12. The zero-order chi connectivity index (χ0) is 14.4. The van der Waals surface area contributed by atoms with Gasteiger partial charge < -0.3 is 10.4 Å². The molecule has 0 saturated carbocycles. The molecule has 0 aromatic heterocycles. The fourth-order valence-electron chi connectivity index (χ4n) is 1.58. The smallest absolute Gasteiger partial charge is 0.326 e. The van der Waals surface area contributed by atoms with E-state index in [9.17, 15) is 9.59 Å². The van der Waals surface area contributed by atoms with Gasteiger partial charge in [-0.3, -0.25) is 4.79 Å². The minimum absolute atomic E-state index is 0.186. The van der Waals surface area contributed by atoms with E-state index in [1.54, 1.807) is 25.1 Å². The van der Waals surface area contributed by atoms with Crippen molar-refractivity contribution in [1.29, 1.82) is 0 Å². The maximum Gasteiger partial charge on any atom is 0.326 e. The number of amides is 1. The summed E-state index contributed by atoms with van der Waals surface area (Å²) < 4.78 is 0. The van der Waals surface area contributed by atoms with Crippen molar-refractivity contribution in [3.8, 4) is 0 Å². The number of rotatable bonds is 6. The zero-order valence-electron chi connectivity index (χ0n) is 10.5. The van der Waals surface area contributed by atoms with Crippen LogP contribution in [0.4, 0.5) is 0 Å². The summed E-state index contributed by atoms with van der Waals surface area (Å²) in [5.41, 5.74) is 0.810.